The first-order valence-corrected chi connectivity index (χ1v) is 13.8. The lowest BCUT2D eigenvalue weighted by Crippen LogP contribution is -2.51. The second kappa shape index (κ2) is 9.76. The third-order valence-electron chi connectivity index (χ3n) is 7.83. The van der Waals surface area contributed by atoms with E-state index in [0.717, 1.165) is 34.9 Å². The van der Waals surface area contributed by atoms with E-state index in [1.807, 2.05) is 49.8 Å². The fourth-order valence-corrected chi connectivity index (χ4v) is 5.90. The van der Waals surface area contributed by atoms with Gasteiger partial charge in [0.15, 0.2) is 0 Å². The van der Waals surface area contributed by atoms with Gasteiger partial charge in [0.1, 0.15) is 11.6 Å². The molecule has 1 atom stereocenters. The highest BCUT2D eigenvalue weighted by Crippen LogP contribution is 2.40. The molecule has 10 heteroatoms. The van der Waals surface area contributed by atoms with Gasteiger partial charge in [0, 0.05) is 47.7 Å². The number of aromatic nitrogens is 3. The van der Waals surface area contributed by atoms with Gasteiger partial charge >= 0.3 is 6.09 Å². The minimum absolute atomic E-state index is 0.169. The van der Waals surface area contributed by atoms with Gasteiger partial charge in [-0.1, -0.05) is 18.7 Å². The van der Waals surface area contributed by atoms with Gasteiger partial charge in [0.05, 0.1) is 29.8 Å². The number of pyridine rings is 1. The maximum Gasteiger partial charge on any atom is 0.410 e. The number of likely N-dealkylation sites (tertiary alicyclic amines) is 1. The Labute approximate surface area is 233 Å². The highest BCUT2D eigenvalue weighted by atomic mass is 16.6. The highest BCUT2D eigenvalue weighted by molar-refractivity contribution is 6.26. The molecule has 1 unspecified atom stereocenters. The molecule has 3 aromatic rings. The molecule has 208 valence electrons. The molecule has 2 saturated heterocycles. The van der Waals surface area contributed by atoms with Crippen LogP contribution in [0.3, 0.4) is 0 Å². The van der Waals surface area contributed by atoms with E-state index in [0.29, 0.717) is 49.3 Å². The van der Waals surface area contributed by atoms with Gasteiger partial charge < -0.3 is 15.0 Å². The Balaban J connectivity index is 1.19. The van der Waals surface area contributed by atoms with Gasteiger partial charge in [0.2, 0.25) is 5.91 Å². The molecule has 5 heterocycles. The van der Waals surface area contributed by atoms with Crippen molar-refractivity contribution in [1.82, 2.24) is 25.0 Å². The van der Waals surface area contributed by atoms with Gasteiger partial charge in [-0.3, -0.25) is 24.2 Å². The van der Waals surface area contributed by atoms with Crippen LogP contribution in [0.1, 0.15) is 74.1 Å². The van der Waals surface area contributed by atoms with Crippen LogP contribution in [-0.2, 0) is 16.0 Å². The van der Waals surface area contributed by atoms with E-state index in [9.17, 15) is 14.4 Å². The van der Waals surface area contributed by atoms with Gasteiger partial charge in [-0.2, -0.15) is 5.10 Å². The largest absolute Gasteiger partial charge is 0.444 e. The van der Waals surface area contributed by atoms with Crippen molar-refractivity contribution in [3.8, 4) is 0 Å². The number of rotatable bonds is 4. The SMILES string of the molecule is C=C1CCC(N2C(=O)c3cccc4c(Cc5cnn(C6CCN(C(=O)OC(C)(C)C)CC6)c5)ncc2c34)C(=O)N1. The second-order valence-corrected chi connectivity index (χ2v) is 11.8. The summed E-state index contributed by atoms with van der Waals surface area (Å²) in [6.45, 7) is 10.7. The van der Waals surface area contributed by atoms with Crippen LogP contribution in [0.25, 0.3) is 10.8 Å². The average Bonchev–Trinajstić information content (AvgIpc) is 3.49. The lowest BCUT2D eigenvalue weighted by atomic mass is 10.0. The number of piperidine rings is 2. The predicted molar refractivity (Wildman–Crippen MR) is 150 cm³/mol. The molecule has 2 fully saturated rings. The van der Waals surface area contributed by atoms with Crippen molar-refractivity contribution >= 4 is 34.4 Å². The van der Waals surface area contributed by atoms with E-state index in [1.165, 1.54) is 0 Å². The van der Waals surface area contributed by atoms with Crippen LogP contribution in [0.15, 0.2) is 49.1 Å². The molecule has 2 aromatic heterocycles. The lowest BCUT2D eigenvalue weighted by Gasteiger charge is -2.33. The summed E-state index contributed by atoms with van der Waals surface area (Å²) in [5, 5.41) is 9.18. The first kappa shape index (κ1) is 26.0. The maximum absolute atomic E-state index is 13.4. The van der Waals surface area contributed by atoms with E-state index < -0.39 is 11.6 Å². The normalized spacial score (nSPS) is 19.9. The highest BCUT2D eigenvalue weighted by Gasteiger charge is 2.40. The zero-order chi connectivity index (χ0) is 28.2. The fraction of sp³-hybridized carbons (Fsp3) is 0.433. The zero-order valence-electron chi connectivity index (χ0n) is 23.1. The summed E-state index contributed by atoms with van der Waals surface area (Å²) in [5.41, 5.74) is 3.33. The third kappa shape index (κ3) is 4.71. The number of anilines is 1. The fourth-order valence-electron chi connectivity index (χ4n) is 5.90. The van der Waals surface area contributed by atoms with Crippen molar-refractivity contribution in [1.29, 1.82) is 0 Å². The number of amides is 3. The van der Waals surface area contributed by atoms with Crippen LogP contribution in [0.4, 0.5) is 10.5 Å². The van der Waals surface area contributed by atoms with Crippen molar-refractivity contribution in [2.45, 2.75) is 70.6 Å². The number of nitrogens with one attached hydrogen (secondary N) is 1. The minimum Gasteiger partial charge on any atom is -0.444 e. The summed E-state index contributed by atoms with van der Waals surface area (Å²) < 4.78 is 7.50. The quantitative estimate of drug-likeness (QED) is 0.525. The van der Waals surface area contributed by atoms with Crippen LogP contribution in [0.5, 0.6) is 0 Å². The van der Waals surface area contributed by atoms with Crippen molar-refractivity contribution in [3.63, 3.8) is 0 Å². The first-order valence-electron chi connectivity index (χ1n) is 13.8. The Morgan fingerprint density at radius 2 is 1.93 bits per heavy atom. The number of nitrogens with zero attached hydrogens (tertiary/aromatic N) is 5. The molecular formula is C30H34N6O4. The average molecular weight is 543 g/mol. The van der Waals surface area contributed by atoms with Crippen LogP contribution in [-0.4, -0.2) is 62.3 Å². The molecule has 1 aromatic carbocycles. The topological polar surface area (TPSA) is 110 Å². The molecule has 40 heavy (non-hydrogen) atoms. The van der Waals surface area contributed by atoms with Crippen molar-refractivity contribution < 1.29 is 19.1 Å². The summed E-state index contributed by atoms with van der Waals surface area (Å²) in [5.74, 6) is -0.378. The molecule has 0 bridgehead atoms. The number of benzene rings is 1. The second-order valence-electron chi connectivity index (χ2n) is 11.8. The van der Waals surface area contributed by atoms with Crippen molar-refractivity contribution in [2.24, 2.45) is 0 Å². The molecule has 0 saturated carbocycles. The van der Waals surface area contributed by atoms with Crippen LogP contribution < -0.4 is 10.2 Å². The summed E-state index contributed by atoms with van der Waals surface area (Å²) >= 11 is 0. The molecule has 10 nitrogen and oxygen atoms in total. The van der Waals surface area contributed by atoms with Crippen molar-refractivity contribution in [3.05, 3.63) is 65.9 Å². The Morgan fingerprint density at radius 3 is 2.65 bits per heavy atom. The number of hydrogen-bond acceptors (Lipinski definition) is 6. The van der Waals surface area contributed by atoms with Crippen LogP contribution in [0.2, 0.25) is 0 Å². The van der Waals surface area contributed by atoms with E-state index in [2.05, 4.69) is 23.2 Å². The van der Waals surface area contributed by atoms with Crippen LogP contribution in [0, 0.1) is 0 Å². The van der Waals surface area contributed by atoms with Gasteiger partial charge in [-0.05, 0) is 58.1 Å². The Kier molecular flexibility index (Phi) is 6.35. The zero-order valence-corrected chi connectivity index (χ0v) is 23.1. The Morgan fingerprint density at radius 1 is 1.15 bits per heavy atom. The number of carbonyl (C=O) groups is 3. The van der Waals surface area contributed by atoms with E-state index >= 15 is 0 Å². The number of ether oxygens (including phenoxy) is 1. The minimum atomic E-state index is -0.582. The van der Waals surface area contributed by atoms with Crippen LogP contribution >= 0.6 is 0 Å². The number of carbonyl (C=O) groups excluding carboxylic acids is 3. The summed E-state index contributed by atoms with van der Waals surface area (Å²) in [6.07, 6.45) is 8.71. The molecule has 3 aliphatic heterocycles. The monoisotopic (exact) mass is 542 g/mol. The molecule has 3 aliphatic rings. The summed E-state index contributed by atoms with van der Waals surface area (Å²) in [7, 11) is 0. The molecule has 0 spiro atoms. The summed E-state index contributed by atoms with van der Waals surface area (Å²) in [6, 6.07) is 5.30. The number of hydrogen-bond donors (Lipinski definition) is 1. The van der Waals surface area contributed by atoms with E-state index in [-0.39, 0.29) is 23.9 Å². The Hall–Kier alpha value is -4.21. The maximum atomic E-state index is 13.4. The van der Waals surface area contributed by atoms with Gasteiger partial charge in [-0.25, -0.2) is 4.79 Å². The van der Waals surface area contributed by atoms with Gasteiger partial charge in [0.25, 0.3) is 5.91 Å². The Bertz CT molecular complexity index is 1530. The lowest BCUT2D eigenvalue weighted by molar-refractivity contribution is -0.122. The summed E-state index contributed by atoms with van der Waals surface area (Å²) in [4.78, 5) is 46.7. The van der Waals surface area contributed by atoms with E-state index in [1.54, 1.807) is 16.0 Å². The van der Waals surface area contributed by atoms with Gasteiger partial charge in [-0.15, -0.1) is 0 Å². The molecule has 0 radical (unpaired) electrons. The molecule has 0 aliphatic carbocycles. The first-order chi connectivity index (χ1) is 19.1. The molecule has 6 rings (SSSR count). The van der Waals surface area contributed by atoms with E-state index in [4.69, 9.17) is 9.72 Å². The third-order valence-corrected chi connectivity index (χ3v) is 7.83. The van der Waals surface area contributed by atoms with Crippen molar-refractivity contribution in [2.75, 3.05) is 18.0 Å². The smallest absolute Gasteiger partial charge is 0.410 e. The predicted octanol–water partition coefficient (Wildman–Crippen LogP) is 4.35. The molecule has 3 amide bonds. The number of allylic oxidation sites excluding steroid dienone is 1. The standard InChI is InChI=1S/C30H34N6O4/c1-18-8-9-24(27(37)33-18)36-25-16-31-23(21-6-5-7-22(26(21)25)28(36)38)14-19-15-32-35(17-19)20-10-12-34(13-11-20)29(39)40-30(2,3)4/h5-7,15-17,20,24H,1,8-14H2,2-4H3,(H,33,37). The molecule has 1 N–H and O–H groups in total. The molecular weight excluding hydrogens is 508 g/mol.